The van der Waals surface area contributed by atoms with Crippen molar-refractivity contribution in [2.24, 2.45) is 0 Å². The van der Waals surface area contributed by atoms with Crippen LogP contribution in [0.15, 0.2) is 23.8 Å². The second-order valence-corrected chi connectivity index (χ2v) is 13.9. The van der Waals surface area contributed by atoms with Gasteiger partial charge in [0.15, 0.2) is 35.1 Å². The lowest BCUT2D eigenvalue weighted by Gasteiger charge is -2.27. The van der Waals surface area contributed by atoms with E-state index in [2.05, 4.69) is 29.9 Å². The van der Waals surface area contributed by atoms with Crippen LogP contribution in [0.3, 0.4) is 0 Å². The molecule has 4 aromatic heterocycles. The Morgan fingerprint density at radius 2 is 1.54 bits per heavy atom. The predicted molar refractivity (Wildman–Crippen MR) is 153 cm³/mol. The third-order valence-electron chi connectivity index (χ3n) is 7.73. The molecule has 8 N–H and O–H groups in total. The summed E-state index contributed by atoms with van der Waals surface area (Å²) in [5.41, 5.74) is 10.3. The number of aromatic nitrogens is 8. The van der Waals surface area contributed by atoms with E-state index in [0.29, 0.717) is 0 Å². The van der Waals surface area contributed by atoms with Gasteiger partial charge >= 0.3 is 21.8 Å². The Bertz CT molecular complexity index is 2080. The van der Waals surface area contributed by atoms with Crippen molar-refractivity contribution in [2.75, 3.05) is 31.3 Å². The number of nitrogens with one attached hydrogen (secondary N) is 1. The van der Waals surface area contributed by atoms with Crippen molar-refractivity contribution in [3.63, 3.8) is 0 Å². The van der Waals surface area contributed by atoms with E-state index >= 15 is 0 Å². The van der Waals surface area contributed by atoms with Crippen molar-refractivity contribution in [2.45, 2.75) is 55.3 Å². The van der Waals surface area contributed by atoms with E-state index < -0.39 is 102 Å². The molecule has 272 valence electrons. The summed E-state index contributed by atoms with van der Waals surface area (Å²) in [5, 5.41) is 11.2. The van der Waals surface area contributed by atoms with Crippen LogP contribution in [0.2, 0.25) is 0 Å². The van der Waals surface area contributed by atoms with Crippen LogP contribution in [0.25, 0.3) is 22.3 Å². The SMILES string of the molecule is Nc1nc2c(ncn2[C@@H]2O[C@@H]3COP(=O)(O)OC4C(O)[C@H](n5cnc6c(N)ncnc65)O[C@@H]4COP(=O)(O)OC2C3OCC(F)(F)F)c(=O)[nH]1. The number of rotatable bonds is 4. The zero-order valence-corrected chi connectivity index (χ0v) is 26.5. The van der Waals surface area contributed by atoms with Gasteiger partial charge in [-0.25, -0.2) is 29.1 Å². The minimum absolute atomic E-state index is 0.0163. The Morgan fingerprint density at radius 3 is 2.24 bits per heavy atom. The number of halogens is 3. The van der Waals surface area contributed by atoms with E-state index in [-0.39, 0.29) is 28.1 Å². The summed E-state index contributed by atoms with van der Waals surface area (Å²) in [7, 11) is -10.7. The highest BCUT2D eigenvalue weighted by atomic mass is 31.2. The monoisotopic (exact) mass is 756 g/mol. The minimum Gasteiger partial charge on any atom is -0.386 e. The molecule has 0 saturated carbocycles. The fourth-order valence-corrected chi connectivity index (χ4v) is 7.57. The molecule has 4 aromatic rings. The molecular weight excluding hydrogens is 731 g/mol. The third-order valence-corrected chi connectivity index (χ3v) is 9.70. The molecule has 0 aromatic carbocycles. The van der Waals surface area contributed by atoms with Crippen molar-refractivity contribution < 1.29 is 69.5 Å². The highest BCUT2D eigenvalue weighted by Crippen LogP contribution is 2.54. The first-order valence-electron chi connectivity index (χ1n) is 14.1. The molecule has 0 amide bonds. The van der Waals surface area contributed by atoms with Crippen molar-refractivity contribution in [1.82, 2.24) is 39.0 Å². The molecule has 7 heterocycles. The molecule has 0 spiro atoms. The molecular formula is C22H25F3N10O13P2. The number of imidazole rings is 2. The quantitative estimate of drug-likeness (QED) is 0.139. The number of phosphoric acid groups is 2. The van der Waals surface area contributed by atoms with Gasteiger partial charge in [0, 0.05) is 0 Å². The van der Waals surface area contributed by atoms with E-state index in [1.807, 2.05) is 0 Å². The Hall–Kier alpha value is -3.65. The van der Waals surface area contributed by atoms with Crippen molar-refractivity contribution >= 4 is 49.7 Å². The number of aliphatic hydroxyl groups excluding tert-OH is 1. The number of aliphatic hydroxyl groups is 1. The first-order valence-corrected chi connectivity index (χ1v) is 17.1. The Kier molecular flexibility index (Phi) is 8.72. The lowest BCUT2D eigenvalue weighted by atomic mass is 10.1. The number of nitrogens with zero attached hydrogens (tertiary/aromatic N) is 7. The highest BCUT2D eigenvalue weighted by Gasteiger charge is 2.55. The van der Waals surface area contributed by atoms with Gasteiger partial charge in [-0.15, -0.1) is 0 Å². The minimum atomic E-state index is -5.38. The van der Waals surface area contributed by atoms with E-state index in [0.717, 1.165) is 17.2 Å². The van der Waals surface area contributed by atoms with Crippen LogP contribution in [0, 0.1) is 0 Å². The molecule has 10 atom stereocenters. The fourth-order valence-electron chi connectivity index (χ4n) is 5.67. The standard InChI is InChI=1S/C22H25F3N10O13P2/c23-22(24,25)3-42-13-8-2-44-49(38,39)47-12-7(45-19(11(12)36)34-5-30-9-15(26)28-4-29-16(9)34)1-43-50(40,41)48-14(13)20(46-8)35-6-31-10-17(35)32-21(27)33-18(10)37/h4-8,11-14,19-20,36H,1-3H2,(H,38,39)(H,40,41)(H2,26,28,29)(H3,27,32,33,37)/t7-,8-,11?,12?,13?,14?,19-,20-/m1/s1. The molecule has 7 rings (SSSR count). The number of nitrogen functional groups attached to an aromatic ring is 2. The van der Waals surface area contributed by atoms with Crippen molar-refractivity contribution in [1.29, 1.82) is 0 Å². The molecule has 3 fully saturated rings. The summed E-state index contributed by atoms with van der Waals surface area (Å²) in [6.45, 7) is -3.96. The summed E-state index contributed by atoms with van der Waals surface area (Å²) in [5.74, 6) is -0.412. The lowest BCUT2D eigenvalue weighted by Crippen LogP contribution is -2.40. The number of hydrogen-bond acceptors (Lipinski definition) is 18. The molecule has 3 saturated heterocycles. The number of ether oxygens (including phenoxy) is 3. The second-order valence-electron chi connectivity index (χ2n) is 11.0. The maximum Gasteiger partial charge on any atom is 0.472 e. The van der Waals surface area contributed by atoms with Crippen molar-refractivity contribution in [3.8, 4) is 0 Å². The molecule has 0 aliphatic carbocycles. The second kappa shape index (κ2) is 12.5. The number of anilines is 2. The van der Waals surface area contributed by atoms with Gasteiger partial charge in [0.2, 0.25) is 5.95 Å². The van der Waals surface area contributed by atoms with E-state index in [1.165, 1.54) is 10.9 Å². The van der Waals surface area contributed by atoms with Gasteiger partial charge in [0.25, 0.3) is 5.56 Å². The molecule has 23 nitrogen and oxygen atoms in total. The summed E-state index contributed by atoms with van der Waals surface area (Å²) < 4.78 is 106. The van der Waals surface area contributed by atoms with E-state index in [4.69, 9.17) is 43.8 Å². The number of hydrogen-bond donors (Lipinski definition) is 6. The van der Waals surface area contributed by atoms with Gasteiger partial charge in [0.1, 0.15) is 55.1 Å². The molecule has 0 radical (unpaired) electrons. The number of H-pyrrole nitrogens is 1. The number of fused-ring (bicyclic) bond motifs is 5. The molecule has 50 heavy (non-hydrogen) atoms. The van der Waals surface area contributed by atoms with Gasteiger partial charge in [-0.2, -0.15) is 18.2 Å². The normalized spacial score (nSPS) is 35.5. The van der Waals surface area contributed by atoms with Crippen LogP contribution in [0.4, 0.5) is 24.9 Å². The van der Waals surface area contributed by atoms with Crippen LogP contribution >= 0.6 is 15.6 Å². The third kappa shape index (κ3) is 6.60. The van der Waals surface area contributed by atoms with E-state index in [9.17, 15) is 42.0 Å². The first kappa shape index (κ1) is 34.8. The van der Waals surface area contributed by atoms with Crippen LogP contribution < -0.4 is 17.0 Å². The maximum atomic E-state index is 13.4. The van der Waals surface area contributed by atoms with Gasteiger partial charge < -0.3 is 40.6 Å². The molecule has 28 heteroatoms. The smallest absolute Gasteiger partial charge is 0.386 e. The fraction of sp³-hybridized carbons (Fsp3) is 0.545. The zero-order valence-electron chi connectivity index (χ0n) is 24.7. The highest BCUT2D eigenvalue weighted by molar-refractivity contribution is 7.47. The average Bonchev–Trinajstić information content (AvgIpc) is 3.78. The number of nitrogens with two attached hydrogens (primary N) is 2. The van der Waals surface area contributed by atoms with Crippen molar-refractivity contribution in [3.05, 3.63) is 29.3 Å². The Balaban J connectivity index is 1.24. The van der Waals surface area contributed by atoms with Gasteiger partial charge in [-0.05, 0) is 0 Å². The van der Waals surface area contributed by atoms with Gasteiger partial charge in [0.05, 0.1) is 25.9 Å². The number of alkyl halides is 3. The summed E-state index contributed by atoms with van der Waals surface area (Å²) >= 11 is 0. The number of aromatic amines is 1. The summed E-state index contributed by atoms with van der Waals surface area (Å²) in [4.78, 5) is 55.9. The number of phosphoric ester groups is 2. The topological polar surface area (TPSA) is 319 Å². The molecule has 3 aliphatic rings. The van der Waals surface area contributed by atoms with Crippen LogP contribution in [-0.4, -0.2) is 117 Å². The van der Waals surface area contributed by atoms with E-state index in [1.54, 1.807) is 0 Å². The lowest BCUT2D eigenvalue weighted by molar-refractivity contribution is -0.196. The van der Waals surface area contributed by atoms with Gasteiger partial charge in [-0.1, -0.05) is 0 Å². The Morgan fingerprint density at radius 1 is 0.920 bits per heavy atom. The molecule has 3 aliphatic heterocycles. The van der Waals surface area contributed by atoms with Gasteiger partial charge in [-0.3, -0.25) is 37.0 Å². The summed E-state index contributed by atoms with van der Waals surface area (Å²) in [6.07, 6.45) is -15.8. The maximum absolute atomic E-state index is 13.4. The van der Waals surface area contributed by atoms with Crippen LogP contribution in [0.1, 0.15) is 12.5 Å². The largest absolute Gasteiger partial charge is 0.472 e. The summed E-state index contributed by atoms with van der Waals surface area (Å²) in [6, 6.07) is 0. The zero-order chi connectivity index (χ0) is 35.7. The molecule has 6 unspecified atom stereocenters. The van der Waals surface area contributed by atoms with Crippen LogP contribution in [-0.2, 0) is 41.4 Å². The first-order chi connectivity index (χ1) is 23.5. The van der Waals surface area contributed by atoms with Crippen LogP contribution in [0.5, 0.6) is 0 Å². The predicted octanol–water partition coefficient (Wildman–Crippen LogP) is -0.755. The molecule has 2 bridgehead atoms. The average molecular weight is 756 g/mol. The Labute approximate surface area is 274 Å².